The van der Waals surface area contributed by atoms with E-state index < -0.39 is 0 Å². The SMILES string of the molecule is Cc1cc(C)c(OCC(C)C)c(C(C)C(C)CBr)c1. The standard InChI is InChI=1S/C17H27BrO/c1-11(2)10-19-17-13(4)7-12(3)8-16(17)15(6)14(5)9-18/h7-8,11,14-15H,9-10H2,1-6H3. The Balaban J connectivity index is 3.12. The second-order valence-electron chi connectivity index (χ2n) is 6.13. The van der Waals surface area contributed by atoms with Gasteiger partial charge in [-0.3, -0.25) is 0 Å². The molecule has 0 aliphatic heterocycles. The smallest absolute Gasteiger partial charge is 0.125 e. The molecule has 1 aromatic carbocycles. The largest absolute Gasteiger partial charge is 0.493 e. The van der Waals surface area contributed by atoms with E-state index in [4.69, 9.17) is 4.74 Å². The van der Waals surface area contributed by atoms with Crippen LogP contribution in [0.25, 0.3) is 0 Å². The van der Waals surface area contributed by atoms with Gasteiger partial charge in [0.05, 0.1) is 6.61 Å². The van der Waals surface area contributed by atoms with Gasteiger partial charge in [0.25, 0.3) is 0 Å². The molecule has 0 saturated carbocycles. The molecular formula is C17H27BrO. The monoisotopic (exact) mass is 326 g/mol. The van der Waals surface area contributed by atoms with Crippen molar-refractivity contribution in [2.75, 3.05) is 11.9 Å². The minimum Gasteiger partial charge on any atom is -0.493 e. The van der Waals surface area contributed by atoms with E-state index in [-0.39, 0.29) is 0 Å². The molecule has 0 aromatic heterocycles. The van der Waals surface area contributed by atoms with E-state index in [2.05, 4.69) is 69.6 Å². The molecule has 0 saturated heterocycles. The van der Waals surface area contributed by atoms with Crippen LogP contribution in [-0.2, 0) is 0 Å². The van der Waals surface area contributed by atoms with Crippen molar-refractivity contribution in [3.05, 3.63) is 28.8 Å². The zero-order chi connectivity index (χ0) is 14.6. The van der Waals surface area contributed by atoms with Gasteiger partial charge in [-0.15, -0.1) is 0 Å². The number of aryl methyl sites for hydroxylation is 2. The highest BCUT2D eigenvalue weighted by atomic mass is 79.9. The Morgan fingerprint density at radius 2 is 1.74 bits per heavy atom. The normalized spacial score (nSPS) is 14.5. The maximum atomic E-state index is 6.08. The van der Waals surface area contributed by atoms with Crippen LogP contribution >= 0.6 is 15.9 Å². The number of halogens is 1. The summed E-state index contributed by atoms with van der Waals surface area (Å²) in [5, 5.41) is 1.02. The molecule has 0 heterocycles. The number of ether oxygens (including phenoxy) is 1. The molecular weight excluding hydrogens is 300 g/mol. The Kier molecular flexibility index (Phi) is 6.38. The first-order chi connectivity index (χ1) is 8.86. The molecule has 0 bridgehead atoms. The van der Waals surface area contributed by atoms with Crippen LogP contribution < -0.4 is 4.74 Å². The van der Waals surface area contributed by atoms with Gasteiger partial charge in [0.1, 0.15) is 5.75 Å². The molecule has 0 N–H and O–H groups in total. The van der Waals surface area contributed by atoms with Gasteiger partial charge in [-0.1, -0.05) is 61.3 Å². The topological polar surface area (TPSA) is 9.23 Å². The molecule has 1 rings (SSSR count). The van der Waals surface area contributed by atoms with Crippen molar-refractivity contribution >= 4 is 15.9 Å². The van der Waals surface area contributed by atoms with Crippen LogP contribution in [0.1, 0.15) is 50.3 Å². The van der Waals surface area contributed by atoms with Gasteiger partial charge >= 0.3 is 0 Å². The zero-order valence-electron chi connectivity index (χ0n) is 13.1. The third-order valence-electron chi connectivity index (χ3n) is 3.60. The maximum absolute atomic E-state index is 6.08. The minimum absolute atomic E-state index is 0.500. The van der Waals surface area contributed by atoms with Crippen molar-refractivity contribution in [2.24, 2.45) is 11.8 Å². The van der Waals surface area contributed by atoms with Crippen LogP contribution in [0.15, 0.2) is 12.1 Å². The van der Waals surface area contributed by atoms with Crippen molar-refractivity contribution in [3.63, 3.8) is 0 Å². The second kappa shape index (κ2) is 7.33. The van der Waals surface area contributed by atoms with E-state index in [0.717, 1.165) is 17.7 Å². The third kappa shape index (κ3) is 4.52. The lowest BCUT2D eigenvalue weighted by molar-refractivity contribution is 0.264. The van der Waals surface area contributed by atoms with Crippen LogP contribution in [0.4, 0.5) is 0 Å². The van der Waals surface area contributed by atoms with Gasteiger partial charge in [-0.25, -0.2) is 0 Å². The Morgan fingerprint density at radius 1 is 1.11 bits per heavy atom. The summed E-state index contributed by atoms with van der Waals surface area (Å²) in [6, 6.07) is 4.50. The molecule has 0 spiro atoms. The number of alkyl halides is 1. The molecule has 0 fully saturated rings. The average Bonchev–Trinajstić information content (AvgIpc) is 2.34. The molecule has 2 atom stereocenters. The van der Waals surface area contributed by atoms with Crippen LogP contribution in [0.2, 0.25) is 0 Å². The van der Waals surface area contributed by atoms with E-state index in [9.17, 15) is 0 Å². The molecule has 0 aliphatic rings. The van der Waals surface area contributed by atoms with E-state index >= 15 is 0 Å². The van der Waals surface area contributed by atoms with E-state index in [1.54, 1.807) is 0 Å². The first kappa shape index (κ1) is 16.6. The van der Waals surface area contributed by atoms with Crippen LogP contribution in [0, 0.1) is 25.7 Å². The number of hydrogen-bond donors (Lipinski definition) is 0. The fourth-order valence-electron chi connectivity index (χ4n) is 2.21. The van der Waals surface area contributed by atoms with Gasteiger partial charge in [-0.2, -0.15) is 0 Å². The molecule has 0 amide bonds. The van der Waals surface area contributed by atoms with Crippen LogP contribution in [0.5, 0.6) is 5.75 Å². The molecule has 2 heteroatoms. The van der Waals surface area contributed by atoms with E-state index in [1.807, 2.05) is 0 Å². The van der Waals surface area contributed by atoms with Crippen LogP contribution in [0.3, 0.4) is 0 Å². The summed E-state index contributed by atoms with van der Waals surface area (Å²) in [7, 11) is 0. The molecule has 2 unspecified atom stereocenters. The number of benzene rings is 1. The average molecular weight is 327 g/mol. The summed E-state index contributed by atoms with van der Waals surface area (Å²) in [6.45, 7) is 14.0. The fraction of sp³-hybridized carbons (Fsp3) is 0.647. The fourth-order valence-corrected chi connectivity index (χ4v) is 2.77. The van der Waals surface area contributed by atoms with Crippen molar-refractivity contribution in [1.29, 1.82) is 0 Å². The van der Waals surface area contributed by atoms with Gasteiger partial charge in [0.2, 0.25) is 0 Å². The molecule has 1 nitrogen and oxygen atoms in total. The highest BCUT2D eigenvalue weighted by molar-refractivity contribution is 9.09. The Bertz CT molecular complexity index is 412. The molecule has 1 aromatic rings. The lowest BCUT2D eigenvalue weighted by Crippen LogP contribution is -2.13. The summed E-state index contributed by atoms with van der Waals surface area (Å²) < 4.78 is 6.08. The maximum Gasteiger partial charge on any atom is 0.125 e. The third-order valence-corrected chi connectivity index (χ3v) is 4.62. The summed E-state index contributed by atoms with van der Waals surface area (Å²) in [5.41, 5.74) is 3.92. The van der Waals surface area contributed by atoms with Gasteiger partial charge < -0.3 is 4.74 Å². The quantitative estimate of drug-likeness (QED) is 0.629. The van der Waals surface area contributed by atoms with Crippen molar-refractivity contribution in [2.45, 2.75) is 47.5 Å². The van der Waals surface area contributed by atoms with Gasteiger partial charge in [0.15, 0.2) is 0 Å². The minimum atomic E-state index is 0.500. The lowest BCUT2D eigenvalue weighted by atomic mass is 9.87. The van der Waals surface area contributed by atoms with Gasteiger partial charge in [-0.05, 0) is 42.7 Å². The summed E-state index contributed by atoms with van der Waals surface area (Å²) in [4.78, 5) is 0. The highest BCUT2D eigenvalue weighted by Crippen LogP contribution is 2.36. The van der Waals surface area contributed by atoms with Crippen molar-refractivity contribution in [1.82, 2.24) is 0 Å². The summed E-state index contributed by atoms with van der Waals surface area (Å²) >= 11 is 3.60. The van der Waals surface area contributed by atoms with Crippen LogP contribution in [-0.4, -0.2) is 11.9 Å². The summed E-state index contributed by atoms with van der Waals surface area (Å²) in [6.07, 6.45) is 0. The molecule has 19 heavy (non-hydrogen) atoms. The zero-order valence-corrected chi connectivity index (χ0v) is 14.7. The highest BCUT2D eigenvalue weighted by Gasteiger charge is 2.19. The number of hydrogen-bond acceptors (Lipinski definition) is 1. The van der Waals surface area contributed by atoms with E-state index in [0.29, 0.717) is 17.8 Å². The predicted octanol–water partition coefficient (Wildman–Crippen LogP) is 5.47. The number of rotatable bonds is 6. The first-order valence-corrected chi connectivity index (χ1v) is 8.28. The second-order valence-corrected chi connectivity index (χ2v) is 6.77. The molecule has 0 radical (unpaired) electrons. The van der Waals surface area contributed by atoms with E-state index in [1.165, 1.54) is 16.7 Å². The molecule has 0 aliphatic carbocycles. The first-order valence-electron chi connectivity index (χ1n) is 7.16. The van der Waals surface area contributed by atoms with Crippen molar-refractivity contribution in [3.8, 4) is 5.75 Å². The van der Waals surface area contributed by atoms with Crippen molar-refractivity contribution < 1.29 is 4.74 Å². The van der Waals surface area contributed by atoms with Gasteiger partial charge in [0, 0.05) is 5.33 Å². The Morgan fingerprint density at radius 3 is 2.26 bits per heavy atom. The summed E-state index contributed by atoms with van der Waals surface area (Å²) in [5.74, 6) is 2.75. The molecule has 108 valence electrons. The Labute approximate surface area is 126 Å². The predicted molar refractivity (Wildman–Crippen MR) is 87.6 cm³/mol. The Hall–Kier alpha value is -0.500. The lowest BCUT2D eigenvalue weighted by Gasteiger charge is -2.24.